The monoisotopic (exact) mass is 234 g/mol. The molecule has 17 heavy (non-hydrogen) atoms. The Balaban J connectivity index is 2.19. The molecular formula is C12H14N2O3. The molecule has 5 heteroatoms. The van der Waals surface area contributed by atoms with Crippen LogP contribution >= 0.6 is 0 Å². The van der Waals surface area contributed by atoms with Gasteiger partial charge in [0.1, 0.15) is 0 Å². The first kappa shape index (κ1) is 11.4. The number of carbonyl (C=O) groups is 2. The molecule has 0 aliphatic carbocycles. The van der Waals surface area contributed by atoms with Crippen molar-refractivity contribution >= 4 is 17.7 Å². The maximum absolute atomic E-state index is 12.0. The van der Waals surface area contributed by atoms with Crippen LogP contribution in [0, 0.1) is 0 Å². The highest BCUT2D eigenvalue weighted by Gasteiger charge is 2.27. The number of amides is 2. The maximum atomic E-state index is 12.0. The van der Waals surface area contributed by atoms with E-state index in [4.69, 9.17) is 5.11 Å². The van der Waals surface area contributed by atoms with Crippen molar-refractivity contribution in [3.05, 3.63) is 29.8 Å². The molecule has 0 atom stereocenters. The number of carbonyl (C=O) groups excluding carboxylic acids is 1. The molecule has 1 aromatic carbocycles. The Morgan fingerprint density at radius 1 is 1.41 bits per heavy atom. The standard InChI is InChI=1S/C12H14N2O3/c1-13-10-5-3-2-4-9(10)8-14(12(13)17)7-6-11(15)16/h2-5H,6-8H2,1H3,(H,15,16). The van der Waals surface area contributed by atoms with E-state index in [-0.39, 0.29) is 19.0 Å². The number of carboxylic acids is 1. The lowest BCUT2D eigenvalue weighted by atomic mass is 10.1. The highest BCUT2D eigenvalue weighted by molar-refractivity contribution is 5.94. The van der Waals surface area contributed by atoms with Gasteiger partial charge < -0.3 is 10.0 Å². The third-order valence-corrected chi connectivity index (χ3v) is 2.87. The van der Waals surface area contributed by atoms with Crippen molar-refractivity contribution in [2.75, 3.05) is 18.5 Å². The number of hydrogen-bond acceptors (Lipinski definition) is 2. The third-order valence-electron chi connectivity index (χ3n) is 2.87. The van der Waals surface area contributed by atoms with Crippen molar-refractivity contribution in [1.29, 1.82) is 0 Å². The van der Waals surface area contributed by atoms with E-state index < -0.39 is 5.97 Å². The van der Waals surface area contributed by atoms with Gasteiger partial charge in [-0.2, -0.15) is 0 Å². The first-order valence-corrected chi connectivity index (χ1v) is 5.42. The van der Waals surface area contributed by atoms with Crippen LogP contribution in [-0.2, 0) is 11.3 Å². The molecule has 1 aliphatic rings. The van der Waals surface area contributed by atoms with E-state index in [0.29, 0.717) is 6.54 Å². The summed E-state index contributed by atoms with van der Waals surface area (Å²) in [7, 11) is 1.70. The van der Waals surface area contributed by atoms with E-state index >= 15 is 0 Å². The Morgan fingerprint density at radius 3 is 2.82 bits per heavy atom. The number of carboxylic acid groups (broad SMARTS) is 1. The van der Waals surface area contributed by atoms with Gasteiger partial charge in [-0.05, 0) is 11.6 Å². The predicted molar refractivity (Wildman–Crippen MR) is 62.9 cm³/mol. The summed E-state index contributed by atoms with van der Waals surface area (Å²) >= 11 is 0. The number of hydrogen-bond donors (Lipinski definition) is 1. The largest absolute Gasteiger partial charge is 0.481 e. The highest BCUT2D eigenvalue weighted by atomic mass is 16.4. The summed E-state index contributed by atoms with van der Waals surface area (Å²) < 4.78 is 0. The Labute approximate surface area is 99.3 Å². The van der Waals surface area contributed by atoms with Crippen LogP contribution in [0.2, 0.25) is 0 Å². The zero-order chi connectivity index (χ0) is 12.4. The topological polar surface area (TPSA) is 60.9 Å². The fraction of sp³-hybridized carbons (Fsp3) is 0.333. The van der Waals surface area contributed by atoms with E-state index in [1.54, 1.807) is 16.8 Å². The van der Waals surface area contributed by atoms with Gasteiger partial charge in [0.25, 0.3) is 0 Å². The SMILES string of the molecule is CN1C(=O)N(CCC(=O)O)Cc2ccccc21. The number of nitrogens with zero attached hydrogens (tertiary/aromatic N) is 2. The molecule has 0 spiro atoms. The van der Waals surface area contributed by atoms with Gasteiger partial charge >= 0.3 is 12.0 Å². The van der Waals surface area contributed by atoms with E-state index in [1.165, 1.54) is 0 Å². The van der Waals surface area contributed by atoms with Gasteiger partial charge in [0, 0.05) is 20.1 Å². The maximum Gasteiger partial charge on any atom is 0.324 e. The van der Waals surface area contributed by atoms with Crippen molar-refractivity contribution in [2.24, 2.45) is 0 Å². The molecule has 1 heterocycles. The first-order chi connectivity index (χ1) is 8.09. The minimum absolute atomic E-state index is 0.0260. The number of fused-ring (bicyclic) bond motifs is 1. The van der Waals surface area contributed by atoms with Crippen LogP contribution in [0.3, 0.4) is 0 Å². The average Bonchev–Trinajstić information content (AvgIpc) is 2.32. The number of aliphatic carboxylic acids is 1. The smallest absolute Gasteiger partial charge is 0.324 e. The minimum Gasteiger partial charge on any atom is -0.481 e. The van der Waals surface area contributed by atoms with Crippen molar-refractivity contribution in [2.45, 2.75) is 13.0 Å². The second-order valence-electron chi connectivity index (χ2n) is 4.04. The van der Waals surface area contributed by atoms with Gasteiger partial charge in [-0.1, -0.05) is 18.2 Å². The fourth-order valence-electron chi connectivity index (χ4n) is 1.97. The molecular weight excluding hydrogens is 220 g/mol. The quantitative estimate of drug-likeness (QED) is 0.862. The number of para-hydroxylation sites is 1. The Bertz CT molecular complexity index is 459. The van der Waals surface area contributed by atoms with E-state index in [0.717, 1.165) is 11.3 Å². The van der Waals surface area contributed by atoms with Crippen molar-refractivity contribution in [1.82, 2.24) is 4.90 Å². The Kier molecular flexibility index (Phi) is 2.99. The first-order valence-electron chi connectivity index (χ1n) is 5.42. The Hall–Kier alpha value is -2.04. The summed E-state index contributed by atoms with van der Waals surface area (Å²) in [6.07, 6.45) is -0.0260. The van der Waals surface area contributed by atoms with Gasteiger partial charge in [0.15, 0.2) is 0 Å². The molecule has 0 aromatic heterocycles. The second-order valence-corrected chi connectivity index (χ2v) is 4.04. The molecule has 90 valence electrons. The summed E-state index contributed by atoms with van der Waals surface area (Å²) in [6.45, 7) is 0.722. The predicted octanol–water partition coefficient (Wildman–Crippen LogP) is 1.53. The highest BCUT2D eigenvalue weighted by Crippen LogP contribution is 2.26. The van der Waals surface area contributed by atoms with Gasteiger partial charge in [0.2, 0.25) is 0 Å². The summed E-state index contributed by atoms with van der Waals surface area (Å²) in [4.78, 5) is 25.6. The lowest BCUT2D eigenvalue weighted by molar-refractivity contribution is -0.137. The van der Waals surface area contributed by atoms with Crippen molar-refractivity contribution < 1.29 is 14.7 Å². The van der Waals surface area contributed by atoms with Crippen LogP contribution in [-0.4, -0.2) is 35.6 Å². The number of rotatable bonds is 3. The summed E-state index contributed by atoms with van der Waals surface area (Å²) in [5.74, 6) is -0.890. The molecule has 0 radical (unpaired) electrons. The number of anilines is 1. The minimum atomic E-state index is -0.890. The number of benzene rings is 1. The van der Waals surface area contributed by atoms with Gasteiger partial charge in [-0.25, -0.2) is 4.79 Å². The molecule has 0 bridgehead atoms. The van der Waals surface area contributed by atoms with Crippen LogP contribution in [0.1, 0.15) is 12.0 Å². The lowest BCUT2D eigenvalue weighted by Gasteiger charge is -2.34. The fourth-order valence-corrected chi connectivity index (χ4v) is 1.97. The molecule has 2 amide bonds. The van der Waals surface area contributed by atoms with Crippen LogP contribution < -0.4 is 4.90 Å². The molecule has 0 fully saturated rings. The lowest BCUT2D eigenvalue weighted by Crippen LogP contribution is -2.45. The normalized spacial score (nSPS) is 14.8. The van der Waals surface area contributed by atoms with E-state index in [1.807, 2.05) is 24.3 Å². The molecule has 0 unspecified atom stereocenters. The van der Waals surface area contributed by atoms with Gasteiger partial charge in [0.05, 0.1) is 12.1 Å². The zero-order valence-electron chi connectivity index (χ0n) is 9.59. The second kappa shape index (κ2) is 4.45. The zero-order valence-corrected chi connectivity index (χ0v) is 9.59. The van der Waals surface area contributed by atoms with Crippen molar-refractivity contribution in [3.63, 3.8) is 0 Å². The van der Waals surface area contributed by atoms with Crippen LogP contribution in [0.4, 0.5) is 10.5 Å². The summed E-state index contributed by atoms with van der Waals surface area (Å²) in [5.41, 5.74) is 1.93. The molecule has 1 aliphatic heterocycles. The average molecular weight is 234 g/mol. The van der Waals surface area contributed by atoms with E-state index in [9.17, 15) is 9.59 Å². The van der Waals surface area contributed by atoms with Gasteiger partial charge in [-0.3, -0.25) is 9.69 Å². The summed E-state index contributed by atoms with van der Waals surface area (Å²) in [5, 5.41) is 8.64. The molecule has 0 saturated carbocycles. The van der Waals surface area contributed by atoms with Crippen LogP contribution in [0.25, 0.3) is 0 Å². The summed E-state index contributed by atoms with van der Waals surface area (Å²) in [6, 6.07) is 7.49. The third kappa shape index (κ3) is 2.22. The molecule has 0 saturated heterocycles. The van der Waals surface area contributed by atoms with Crippen LogP contribution in [0.15, 0.2) is 24.3 Å². The molecule has 1 N–H and O–H groups in total. The molecule has 1 aromatic rings. The number of urea groups is 1. The van der Waals surface area contributed by atoms with E-state index in [2.05, 4.69) is 0 Å². The molecule has 2 rings (SSSR count). The Morgan fingerprint density at radius 2 is 2.12 bits per heavy atom. The van der Waals surface area contributed by atoms with Gasteiger partial charge in [-0.15, -0.1) is 0 Å². The van der Waals surface area contributed by atoms with Crippen LogP contribution in [0.5, 0.6) is 0 Å². The molecule has 5 nitrogen and oxygen atoms in total. The van der Waals surface area contributed by atoms with Crippen molar-refractivity contribution in [3.8, 4) is 0 Å².